The Morgan fingerprint density at radius 1 is 1.07 bits per heavy atom. The van der Waals surface area contributed by atoms with Crippen molar-refractivity contribution in [3.05, 3.63) is 82.0 Å². The average Bonchev–Trinajstić information content (AvgIpc) is 3.23. The zero-order chi connectivity index (χ0) is 19.2. The molecule has 0 unspecified atom stereocenters. The minimum atomic E-state index is -0.233. The molecular weight excluding hydrogens is 360 g/mol. The molecule has 0 saturated carbocycles. The lowest BCUT2D eigenvalue weighted by molar-refractivity contribution is 0.0785. The van der Waals surface area contributed by atoms with Crippen LogP contribution in [0.5, 0.6) is 5.75 Å². The van der Waals surface area contributed by atoms with E-state index >= 15 is 0 Å². The summed E-state index contributed by atoms with van der Waals surface area (Å²) in [4.78, 5) is 26.9. The van der Waals surface area contributed by atoms with Crippen LogP contribution in [-0.4, -0.2) is 30.9 Å². The Bertz CT molecular complexity index is 938. The highest BCUT2D eigenvalue weighted by Crippen LogP contribution is 2.22. The van der Waals surface area contributed by atoms with Gasteiger partial charge in [-0.2, -0.15) is 11.3 Å². The summed E-state index contributed by atoms with van der Waals surface area (Å²) < 4.78 is 5.36. The van der Waals surface area contributed by atoms with E-state index < -0.39 is 0 Å². The zero-order valence-electron chi connectivity index (χ0n) is 15.1. The summed E-state index contributed by atoms with van der Waals surface area (Å²) in [5.74, 6) is 0.321. The number of rotatable bonds is 6. The van der Waals surface area contributed by atoms with E-state index in [1.165, 1.54) is 11.3 Å². The van der Waals surface area contributed by atoms with Gasteiger partial charge in [0.1, 0.15) is 5.75 Å². The molecule has 2 aromatic carbocycles. The second-order valence-corrected chi connectivity index (χ2v) is 6.76. The SMILES string of the molecule is COc1ccccc1CN(C)C(=O)c1ccccc1NC(=O)c1ccsc1. The molecule has 6 heteroatoms. The number of methoxy groups -OCH3 is 1. The van der Waals surface area contributed by atoms with Gasteiger partial charge in [-0.05, 0) is 29.6 Å². The Morgan fingerprint density at radius 3 is 2.56 bits per heavy atom. The number of carbonyl (C=O) groups is 2. The average molecular weight is 380 g/mol. The van der Waals surface area contributed by atoms with Crippen molar-refractivity contribution in [3.63, 3.8) is 0 Å². The number of ether oxygens (including phenoxy) is 1. The summed E-state index contributed by atoms with van der Waals surface area (Å²) in [6.45, 7) is 0.398. The molecule has 0 radical (unpaired) electrons. The van der Waals surface area contributed by atoms with Gasteiger partial charge in [0, 0.05) is 24.5 Å². The Labute approximate surface area is 162 Å². The van der Waals surface area contributed by atoms with E-state index in [-0.39, 0.29) is 11.8 Å². The zero-order valence-corrected chi connectivity index (χ0v) is 16.0. The summed E-state index contributed by atoms with van der Waals surface area (Å²) in [7, 11) is 3.34. The van der Waals surface area contributed by atoms with Crippen LogP contribution < -0.4 is 10.1 Å². The monoisotopic (exact) mass is 380 g/mol. The number of hydrogen-bond donors (Lipinski definition) is 1. The number of nitrogens with zero attached hydrogens (tertiary/aromatic N) is 1. The summed E-state index contributed by atoms with van der Waals surface area (Å²) in [6.07, 6.45) is 0. The number of nitrogens with one attached hydrogen (secondary N) is 1. The fourth-order valence-electron chi connectivity index (χ4n) is 2.73. The maximum Gasteiger partial charge on any atom is 0.256 e. The Kier molecular flexibility index (Phi) is 5.88. The van der Waals surface area contributed by atoms with Gasteiger partial charge in [0.2, 0.25) is 0 Å². The number of thiophene rings is 1. The third-order valence-electron chi connectivity index (χ3n) is 4.14. The van der Waals surface area contributed by atoms with E-state index in [4.69, 9.17) is 4.74 Å². The molecule has 0 aliphatic carbocycles. The molecule has 0 fully saturated rings. The van der Waals surface area contributed by atoms with Crippen LogP contribution in [0.4, 0.5) is 5.69 Å². The van der Waals surface area contributed by atoms with E-state index in [0.29, 0.717) is 23.4 Å². The molecule has 0 bridgehead atoms. The first-order valence-corrected chi connectivity index (χ1v) is 9.34. The second kappa shape index (κ2) is 8.51. The minimum Gasteiger partial charge on any atom is -0.496 e. The van der Waals surface area contributed by atoms with E-state index in [0.717, 1.165) is 11.3 Å². The molecule has 5 nitrogen and oxygen atoms in total. The molecule has 0 spiro atoms. The van der Waals surface area contributed by atoms with Crippen LogP contribution in [0.3, 0.4) is 0 Å². The molecule has 3 rings (SSSR count). The predicted octanol–water partition coefficient (Wildman–Crippen LogP) is 4.28. The van der Waals surface area contributed by atoms with Crippen LogP contribution >= 0.6 is 11.3 Å². The largest absolute Gasteiger partial charge is 0.496 e. The molecule has 2 amide bonds. The molecule has 1 heterocycles. The number of carbonyl (C=O) groups excluding carboxylic acids is 2. The van der Waals surface area contributed by atoms with E-state index in [1.807, 2.05) is 29.6 Å². The highest BCUT2D eigenvalue weighted by molar-refractivity contribution is 7.08. The quantitative estimate of drug-likeness (QED) is 0.694. The van der Waals surface area contributed by atoms with Gasteiger partial charge < -0.3 is 15.0 Å². The van der Waals surface area contributed by atoms with Gasteiger partial charge >= 0.3 is 0 Å². The van der Waals surface area contributed by atoms with Gasteiger partial charge in [-0.1, -0.05) is 30.3 Å². The Morgan fingerprint density at radius 2 is 1.81 bits per heavy atom. The van der Waals surface area contributed by atoms with Gasteiger partial charge in [-0.15, -0.1) is 0 Å². The standard InChI is InChI=1S/C21H20N2O3S/c1-23(13-15-7-3-6-10-19(15)26-2)21(25)17-8-4-5-9-18(17)22-20(24)16-11-12-27-14-16/h3-12,14H,13H2,1-2H3,(H,22,24). The Hall–Kier alpha value is -3.12. The maximum absolute atomic E-state index is 13.0. The van der Waals surface area contributed by atoms with Crippen molar-refractivity contribution >= 4 is 28.8 Å². The van der Waals surface area contributed by atoms with Gasteiger partial charge in [-0.3, -0.25) is 9.59 Å². The van der Waals surface area contributed by atoms with Crippen LogP contribution in [0.2, 0.25) is 0 Å². The van der Waals surface area contributed by atoms with Crippen LogP contribution in [0.15, 0.2) is 65.4 Å². The second-order valence-electron chi connectivity index (χ2n) is 5.98. The molecule has 3 aromatic rings. The van der Waals surface area contributed by atoms with Crippen LogP contribution in [0, 0.1) is 0 Å². The first kappa shape index (κ1) is 18.7. The first-order valence-electron chi connectivity index (χ1n) is 8.40. The molecule has 1 aromatic heterocycles. The fraction of sp³-hybridized carbons (Fsp3) is 0.143. The lowest BCUT2D eigenvalue weighted by Gasteiger charge is -2.20. The molecule has 27 heavy (non-hydrogen) atoms. The topological polar surface area (TPSA) is 58.6 Å². The lowest BCUT2D eigenvalue weighted by Crippen LogP contribution is -2.27. The highest BCUT2D eigenvalue weighted by atomic mass is 32.1. The molecule has 1 N–H and O–H groups in total. The number of benzene rings is 2. The lowest BCUT2D eigenvalue weighted by atomic mass is 10.1. The fourth-order valence-corrected chi connectivity index (χ4v) is 3.37. The normalized spacial score (nSPS) is 10.3. The van der Waals surface area contributed by atoms with Crippen LogP contribution in [0.25, 0.3) is 0 Å². The van der Waals surface area contributed by atoms with Gasteiger partial charge in [-0.25, -0.2) is 0 Å². The van der Waals surface area contributed by atoms with Crippen LogP contribution in [0.1, 0.15) is 26.3 Å². The maximum atomic E-state index is 13.0. The molecule has 0 atom stereocenters. The van der Waals surface area contributed by atoms with Crippen molar-refractivity contribution in [1.29, 1.82) is 0 Å². The summed E-state index contributed by atoms with van der Waals surface area (Å²) in [5, 5.41) is 6.44. The van der Waals surface area contributed by atoms with Crippen molar-refractivity contribution in [1.82, 2.24) is 4.90 Å². The first-order chi connectivity index (χ1) is 13.1. The van der Waals surface area contributed by atoms with E-state index in [1.54, 1.807) is 54.8 Å². The van der Waals surface area contributed by atoms with Crippen molar-refractivity contribution in [3.8, 4) is 5.75 Å². The number of amides is 2. The highest BCUT2D eigenvalue weighted by Gasteiger charge is 2.18. The number of para-hydroxylation sites is 2. The molecular formula is C21H20N2O3S. The molecule has 0 aliphatic rings. The molecule has 0 aliphatic heterocycles. The smallest absolute Gasteiger partial charge is 0.256 e. The number of hydrogen-bond acceptors (Lipinski definition) is 4. The third-order valence-corrected chi connectivity index (χ3v) is 4.82. The summed E-state index contributed by atoms with van der Waals surface area (Å²) >= 11 is 1.45. The summed E-state index contributed by atoms with van der Waals surface area (Å²) in [6, 6.07) is 16.3. The third kappa shape index (κ3) is 4.35. The summed E-state index contributed by atoms with van der Waals surface area (Å²) in [5.41, 5.74) is 2.42. The number of anilines is 1. The van der Waals surface area contributed by atoms with Gasteiger partial charge in [0.15, 0.2) is 0 Å². The predicted molar refractivity (Wildman–Crippen MR) is 108 cm³/mol. The van der Waals surface area contributed by atoms with Crippen molar-refractivity contribution in [2.45, 2.75) is 6.54 Å². The van der Waals surface area contributed by atoms with Crippen LogP contribution in [-0.2, 0) is 6.54 Å². The van der Waals surface area contributed by atoms with Crippen molar-refractivity contribution in [2.75, 3.05) is 19.5 Å². The van der Waals surface area contributed by atoms with Gasteiger partial charge in [0.05, 0.1) is 23.9 Å². The minimum absolute atomic E-state index is 0.179. The van der Waals surface area contributed by atoms with E-state index in [9.17, 15) is 9.59 Å². The molecule has 138 valence electrons. The van der Waals surface area contributed by atoms with Crippen molar-refractivity contribution < 1.29 is 14.3 Å². The Balaban J connectivity index is 1.79. The van der Waals surface area contributed by atoms with E-state index in [2.05, 4.69) is 5.32 Å². The molecule has 0 saturated heterocycles. The van der Waals surface area contributed by atoms with Crippen molar-refractivity contribution in [2.24, 2.45) is 0 Å². The van der Waals surface area contributed by atoms with Gasteiger partial charge in [0.25, 0.3) is 11.8 Å².